The fourth-order valence-electron chi connectivity index (χ4n) is 2.71. The lowest BCUT2D eigenvalue weighted by atomic mass is 9.87. The minimum absolute atomic E-state index is 0. The maximum atomic E-state index is 11.9. The molecule has 0 spiro atoms. The molecule has 0 aliphatic carbocycles. The third-order valence-electron chi connectivity index (χ3n) is 4.51. The lowest BCUT2D eigenvalue weighted by molar-refractivity contribution is -0.117. The second-order valence-electron chi connectivity index (χ2n) is 7.75. The van der Waals surface area contributed by atoms with Gasteiger partial charge in [0.25, 0.3) is 5.91 Å². The molecule has 0 bridgehead atoms. The molecule has 7 nitrogen and oxygen atoms in total. The van der Waals surface area contributed by atoms with E-state index in [1.807, 2.05) is 12.1 Å². The molecule has 5 N–H and O–H groups in total. The molecule has 0 atom stereocenters. The van der Waals surface area contributed by atoms with Crippen LogP contribution in [-0.2, 0) is 11.3 Å². The van der Waals surface area contributed by atoms with Crippen molar-refractivity contribution in [3.8, 4) is 0 Å². The number of carbonyl (C=O) groups excluding carboxylic acids is 2. The molecule has 0 saturated carbocycles. The minimum Gasteiger partial charge on any atom is -0.368 e. The Labute approximate surface area is 191 Å². The van der Waals surface area contributed by atoms with Crippen molar-refractivity contribution in [3.05, 3.63) is 35.4 Å². The van der Waals surface area contributed by atoms with E-state index in [4.69, 9.17) is 5.73 Å². The summed E-state index contributed by atoms with van der Waals surface area (Å²) in [5.74, 6) is -0.130. The number of hydrogen-bond acceptors (Lipinski definition) is 3. The Morgan fingerprint density at radius 2 is 1.72 bits per heavy atom. The second kappa shape index (κ2) is 14.2. The summed E-state index contributed by atoms with van der Waals surface area (Å²) in [4.78, 5) is 26.9. The highest BCUT2D eigenvalue weighted by Crippen LogP contribution is 2.22. The third-order valence-corrected chi connectivity index (χ3v) is 4.51. The van der Waals surface area contributed by atoms with E-state index in [1.165, 1.54) is 25.7 Å². The maximum Gasteiger partial charge on any atom is 0.251 e. The van der Waals surface area contributed by atoms with Crippen molar-refractivity contribution in [2.75, 3.05) is 20.1 Å². The van der Waals surface area contributed by atoms with Crippen molar-refractivity contribution < 1.29 is 9.59 Å². The smallest absolute Gasteiger partial charge is 0.251 e. The summed E-state index contributed by atoms with van der Waals surface area (Å²) in [5, 5.41) is 9.15. The monoisotopic (exact) mass is 517 g/mol. The quantitative estimate of drug-likeness (QED) is 0.157. The van der Waals surface area contributed by atoms with E-state index in [1.54, 1.807) is 19.2 Å². The summed E-state index contributed by atoms with van der Waals surface area (Å²) >= 11 is 0. The first-order valence-corrected chi connectivity index (χ1v) is 9.87. The van der Waals surface area contributed by atoms with Gasteiger partial charge in [0.2, 0.25) is 5.91 Å². The van der Waals surface area contributed by atoms with Crippen molar-refractivity contribution in [3.63, 3.8) is 0 Å². The molecule has 0 radical (unpaired) electrons. The molecule has 29 heavy (non-hydrogen) atoms. The van der Waals surface area contributed by atoms with E-state index in [-0.39, 0.29) is 41.8 Å². The highest BCUT2D eigenvalue weighted by Gasteiger charge is 2.17. The zero-order valence-electron chi connectivity index (χ0n) is 18.0. The summed E-state index contributed by atoms with van der Waals surface area (Å²) in [6, 6.07) is 7.18. The van der Waals surface area contributed by atoms with Gasteiger partial charge in [-0.1, -0.05) is 52.2 Å². The van der Waals surface area contributed by atoms with E-state index < -0.39 is 5.91 Å². The van der Waals surface area contributed by atoms with Crippen molar-refractivity contribution in [2.24, 2.45) is 16.1 Å². The van der Waals surface area contributed by atoms with Gasteiger partial charge in [0.1, 0.15) is 0 Å². The van der Waals surface area contributed by atoms with Crippen LogP contribution in [0.5, 0.6) is 0 Å². The van der Waals surface area contributed by atoms with Crippen molar-refractivity contribution in [2.45, 2.75) is 53.0 Å². The molecule has 0 fully saturated rings. The Balaban J connectivity index is 0.00000784. The number of guanidine groups is 1. The van der Waals surface area contributed by atoms with Crippen molar-refractivity contribution >= 4 is 41.8 Å². The largest absolute Gasteiger partial charge is 0.368 e. The van der Waals surface area contributed by atoms with E-state index >= 15 is 0 Å². The van der Waals surface area contributed by atoms with E-state index in [0.29, 0.717) is 12.1 Å². The van der Waals surface area contributed by atoms with Gasteiger partial charge in [-0.15, -0.1) is 24.0 Å². The lowest BCUT2D eigenvalue weighted by Gasteiger charge is -2.26. The van der Waals surface area contributed by atoms with Crippen LogP contribution in [0, 0.1) is 5.41 Å². The number of halogens is 1. The molecule has 1 rings (SSSR count). The number of aliphatic imine (C=N–C) groups is 1. The predicted molar refractivity (Wildman–Crippen MR) is 130 cm³/mol. The number of hydrogen-bond donors (Lipinski definition) is 4. The molecule has 164 valence electrons. The first-order valence-electron chi connectivity index (χ1n) is 9.87. The van der Waals surface area contributed by atoms with Crippen LogP contribution in [0.4, 0.5) is 0 Å². The molecule has 1 aromatic rings. The fourth-order valence-corrected chi connectivity index (χ4v) is 2.71. The van der Waals surface area contributed by atoms with Gasteiger partial charge in [0.05, 0.1) is 6.54 Å². The molecule has 0 aliphatic rings. The first-order chi connectivity index (χ1) is 13.3. The number of nitrogens with zero attached hydrogens (tertiary/aromatic N) is 1. The molecule has 0 heterocycles. The SMILES string of the molecule is CCCCCC(C)(C)CNC(=NC)NCc1ccc(C(=O)NCC(N)=O)cc1.I. The third kappa shape index (κ3) is 11.7. The number of primary amides is 1. The molecule has 8 heteroatoms. The highest BCUT2D eigenvalue weighted by atomic mass is 127. The van der Waals surface area contributed by atoms with Crippen molar-refractivity contribution in [1.82, 2.24) is 16.0 Å². The van der Waals surface area contributed by atoms with Gasteiger partial charge < -0.3 is 21.7 Å². The van der Waals surface area contributed by atoms with Crippen LogP contribution in [0.15, 0.2) is 29.3 Å². The van der Waals surface area contributed by atoms with Gasteiger partial charge in [-0.05, 0) is 29.5 Å². The number of nitrogens with two attached hydrogens (primary N) is 1. The molecular formula is C21H36IN5O2. The van der Waals surface area contributed by atoms with Crippen LogP contribution in [0.1, 0.15) is 62.4 Å². The summed E-state index contributed by atoms with van der Waals surface area (Å²) in [5.41, 5.74) is 6.75. The van der Waals surface area contributed by atoms with Crippen LogP contribution >= 0.6 is 24.0 Å². The molecule has 0 saturated heterocycles. The first kappa shape index (κ1) is 27.2. The topological polar surface area (TPSA) is 109 Å². The number of benzene rings is 1. The molecule has 0 aliphatic heterocycles. The maximum absolute atomic E-state index is 11.9. The number of amides is 2. The Hall–Kier alpha value is -1.84. The zero-order valence-corrected chi connectivity index (χ0v) is 20.3. The van der Waals surface area contributed by atoms with Gasteiger partial charge in [-0.2, -0.15) is 0 Å². The van der Waals surface area contributed by atoms with Gasteiger partial charge in [0.15, 0.2) is 5.96 Å². The van der Waals surface area contributed by atoms with Crippen LogP contribution in [-0.4, -0.2) is 37.9 Å². The molecule has 0 unspecified atom stereocenters. The minimum atomic E-state index is -0.568. The lowest BCUT2D eigenvalue weighted by Crippen LogP contribution is -2.41. The predicted octanol–water partition coefficient (Wildman–Crippen LogP) is 2.79. The standard InChI is InChI=1S/C21H35N5O2.HI/c1-5-6-7-12-21(2,3)15-26-20(23-4)25-13-16-8-10-17(11-9-16)19(28)24-14-18(22)27;/h8-11H,5-7,12-15H2,1-4H3,(H2,22,27)(H,24,28)(H2,23,25,26);1H. The average molecular weight is 517 g/mol. The molecular weight excluding hydrogens is 481 g/mol. The van der Waals surface area contributed by atoms with E-state index in [0.717, 1.165) is 18.1 Å². The van der Waals surface area contributed by atoms with Gasteiger partial charge >= 0.3 is 0 Å². The van der Waals surface area contributed by atoms with Crippen LogP contribution in [0.2, 0.25) is 0 Å². The summed E-state index contributed by atoms with van der Waals surface area (Å²) in [6.07, 6.45) is 4.94. The highest BCUT2D eigenvalue weighted by molar-refractivity contribution is 14.0. The van der Waals surface area contributed by atoms with Crippen LogP contribution in [0.25, 0.3) is 0 Å². The number of nitrogens with one attached hydrogen (secondary N) is 3. The molecule has 0 aromatic heterocycles. The van der Waals surface area contributed by atoms with Gasteiger partial charge in [0, 0.05) is 25.7 Å². The van der Waals surface area contributed by atoms with Crippen molar-refractivity contribution in [1.29, 1.82) is 0 Å². The Morgan fingerprint density at radius 3 is 2.28 bits per heavy atom. The van der Waals surface area contributed by atoms with Gasteiger partial charge in [-0.25, -0.2) is 0 Å². The number of carbonyl (C=O) groups is 2. The summed E-state index contributed by atoms with van der Waals surface area (Å²) in [7, 11) is 1.76. The average Bonchev–Trinajstić information content (AvgIpc) is 2.66. The number of rotatable bonds is 11. The van der Waals surface area contributed by atoms with E-state index in [2.05, 4.69) is 41.7 Å². The molecule has 2 amide bonds. The van der Waals surface area contributed by atoms with Gasteiger partial charge in [-0.3, -0.25) is 14.6 Å². The van der Waals surface area contributed by atoms with E-state index in [9.17, 15) is 9.59 Å². The Bertz CT molecular complexity index is 660. The van der Waals surface area contributed by atoms with Crippen LogP contribution < -0.4 is 21.7 Å². The molecule has 1 aromatic carbocycles. The summed E-state index contributed by atoms with van der Waals surface area (Å²) in [6.45, 7) is 8.04. The summed E-state index contributed by atoms with van der Waals surface area (Å²) < 4.78 is 0. The second-order valence-corrected chi connectivity index (χ2v) is 7.75. The Kier molecular flexibility index (Phi) is 13.3. The fraction of sp³-hybridized carbons (Fsp3) is 0.571. The van der Waals surface area contributed by atoms with Crippen LogP contribution in [0.3, 0.4) is 0 Å². The zero-order chi connectivity index (χ0) is 21.0. The Morgan fingerprint density at radius 1 is 1.07 bits per heavy atom. The normalized spacial score (nSPS) is 11.4. The number of unbranched alkanes of at least 4 members (excludes halogenated alkanes) is 2.